The molecule has 0 aliphatic carbocycles. The van der Waals surface area contributed by atoms with Crippen LogP contribution in [0.2, 0.25) is 0 Å². The second kappa shape index (κ2) is 9.23. The van der Waals surface area contributed by atoms with E-state index < -0.39 is 5.97 Å². The molecule has 4 rings (SSSR count). The highest BCUT2D eigenvalue weighted by molar-refractivity contribution is 6.13. The normalized spacial score (nSPS) is 14.5. The van der Waals surface area contributed by atoms with Crippen LogP contribution in [-0.4, -0.2) is 18.5 Å². The first-order valence-corrected chi connectivity index (χ1v) is 10.1. The Kier molecular flexibility index (Phi) is 6.04. The molecule has 30 heavy (non-hydrogen) atoms. The van der Waals surface area contributed by atoms with Gasteiger partial charge in [0, 0.05) is 5.56 Å². The van der Waals surface area contributed by atoms with E-state index in [0.29, 0.717) is 12.5 Å². The molecule has 0 amide bonds. The maximum Gasteiger partial charge on any atom is 0.363 e. The van der Waals surface area contributed by atoms with Gasteiger partial charge in [0.1, 0.15) is 5.75 Å². The van der Waals surface area contributed by atoms with E-state index in [2.05, 4.69) is 24.0 Å². The molecule has 150 valence electrons. The van der Waals surface area contributed by atoms with Crippen molar-refractivity contribution >= 4 is 17.9 Å². The Balaban J connectivity index is 1.52. The highest BCUT2D eigenvalue weighted by Crippen LogP contribution is 2.24. The highest BCUT2D eigenvalue weighted by atomic mass is 16.6. The van der Waals surface area contributed by atoms with Crippen LogP contribution in [0.3, 0.4) is 0 Å². The first kappa shape index (κ1) is 19.6. The molecule has 0 spiro atoms. The third-order valence-electron chi connectivity index (χ3n) is 4.79. The van der Waals surface area contributed by atoms with Gasteiger partial charge in [-0.1, -0.05) is 67.9 Å². The summed E-state index contributed by atoms with van der Waals surface area (Å²) in [5, 5.41) is 0. The van der Waals surface area contributed by atoms with Crippen LogP contribution in [0, 0.1) is 0 Å². The van der Waals surface area contributed by atoms with Gasteiger partial charge in [0.15, 0.2) is 5.70 Å². The molecule has 0 saturated carbocycles. The van der Waals surface area contributed by atoms with Crippen molar-refractivity contribution in [2.45, 2.75) is 19.8 Å². The van der Waals surface area contributed by atoms with Crippen LogP contribution in [0.25, 0.3) is 17.2 Å². The van der Waals surface area contributed by atoms with Gasteiger partial charge in [-0.3, -0.25) is 0 Å². The lowest BCUT2D eigenvalue weighted by atomic mass is 10.0. The number of hydrogen-bond donors (Lipinski definition) is 0. The van der Waals surface area contributed by atoms with E-state index in [1.165, 1.54) is 0 Å². The van der Waals surface area contributed by atoms with Crippen molar-refractivity contribution in [3.63, 3.8) is 0 Å². The molecule has 3 aromatic carbocycles. The molecule has 1 aliphatic rings. The molecular formula is C26H23NO3. The van der Waals surface area contributed by atoms with Crippen molar-refractivity contribution in [1.29, 1.82) is 0 Å². The smallest absolute Gasteiger partial charge is 0.363 e. The van der Waals surface area contributed by atoms with Gasteiger partial charge in [-0.05, 0) is 53.5 Å². The van der Waals surface area contributed by atoms with E-state index in [1.807, 2.05) is 66.7 Å². The Morgan fingerprint density at radius 1 is 0.900 bits per heavy atom. The number of benzene rings is 3. The van der Waals surface area contributed by atoms with Gasteiger partial charge in [-0.25, -0.2) is 9.79 Å². The summed E-state index contributed by atoms with van der Waals surface area (Å²) >= 11 is 0. The molecule has 0 fully saturated rings. The quantitative estimate of drug-likeness (QED) is 0.284. The molecule has 0 unspecified atom stereocenters. The Morgan fingerprint density at radius 3 is 2.40 bits per heavy atom. The van der Waals surface area contributed by atoms with Crippen LogP contribution in [-0.2, 0) is 9.53 Å². The minimum atomic E-state index is -0.450. The average Bonchev–Trinajstić information content (AvgIpc) is 3.15. The molecule has 0 radical (unpaired) electrons. The van der Waals surface area contributed by atoms with E-state index in [0.717, 1.165) is 40.8 Å². The number of esters is 1. The van der Waals surface area contributed by atoms with Crippen molar-refractivity contribution < 1.29 is 14.3 Å². The van der Waals surface area contributed by atoms with Crippen LogP contribution in [0.15, 0.2) is 89.6 Å². The fourth-order valence-corrected chi connectivity index (χ4v) is 3.15. The van der Waals surface area contributed by atoms with Gasteiger partial charge in [0.25, 0.3) is 0 Å². The van der Waals surface area contributed by atoms with Crippen molar-refractivity contribution in [2.75, 3.05) is 6.61 Å². The topological polar surface area (TPSA) is 47.9 Å². The molecule has 3 aromatic rings. The number of aliphatic imine (C=N–C) groups is 1. The molecule has 1 heterocycles. The van der Waals surface area contributed by atoms with Crippen molar-refractivity contribution in [2.24, 2.45) is 4.99 Å². The maximum absolute atomic E-state index is 12.3. The van der Waals surface area contributed by atoms with Crippen LogP contribution in [0.5, 0.6) is 5.75 Å². The summed E-state index contributed by atoms with van der Waals surface area (Å²) in [7, 11) is 0. The molecular weight excluding hydrogens is 374 g/mol. The van der Waals surface area contributed by atoms with E-state index in [-0.39, 0.29) is 5.70 Å². The zero-order valence-electron chi connectivity index (χ0n) is 16.9. The predicted octanol–water partition coefficient (Wildman–Crippen LogP) is 5.88. The molecule has 4 heteroatoms. The fourth-order valence-electron chi connectivity index (χ4n) is 3.15. The zero-order valence-corrected chi connectivity index (χ0v) is 16.9. The molecule has 0 bridgehead atoms. The first-order valence-electron chi connectivity index (χ1n) is 10.1. The Bertz CT molecular complexity index is 1080. The summed E-state index contributed by atoms with van der Waals surface area (Å²) in [6.45, 7) is 2.81. The van der Waals surface area contributed by atoms with Gasteiger partial charge < -0.3 is 9.47 Å². The van der Waals surface area contributed by atoms with E-state index in [9.17, 15) is 4.79 Å². The first-order chi connectivity index (χ1) is 14.7. The SMILES string of the molecule is CCCCOc1cccc(/C=C2\N=C(c3ccc(-c4ccccc4)cc3)OC2=O)c1. The summed E-state index contributed by atoms with van der Waals surface area (Å²) in [6.07, 6.45) is 3.81. The van der Waals surface area contributed by atoms with Crippen molar-refractivity contribution in [1.82, 2.24) is 0 Å². The fraction of sp³-hybridized carbons (Fsp3) is 0.154. The lowest BCUT2D eigenvalue weighted by molar-refractivity contribution is -0.129. The number of hydrogen-bond acceptors (Lipinski definition) is 4. The third kappa shape index (κ3) is 4.66. The molecule has 0 saturated heterocycles. The second-order valence-corrected chi connectivity index (χ2v) is 7.05. The average molecular weight is 397 g/mol. The second-order valence-electron chi connectivity index (χ2n) is 7.05. The number of cyclic esters (lactones) is 1. The van der Waals surface area contributed by atoms with Crippen LogP contribution < -0.4 is 4.74 Å². The molecule has 4 nitrogen and oxygen atoms in total. The van der Waals surface area contributed by atoms with Crippen LogP contribution >= 0.6 is 0 Å². The number of nitrogens with zero attached hydrogens (tertiary/aromatic N) is 1. The number of carbonyl (C=O) groups excluding carboxylic acids is 1. The summed E-state index contributed by atoms with van der Waals surface area (Å²) < 4.78 is 11.1. The third-order valence-corrected chi connectivity index (χ3v) is 4.79. The number of carbonyl (C=O) groups is 1. The lowest BCUT2D eigenvalue weighted by Gasteiger charge is -2.05. The minimum absolute atomic E-state index is 0.280. The van der Waals surface area contributed by atoms with Gasteiger partial charge >= 0.3 is 5.97 Å². The standard InChI is InChI=1S/C26H23NO3/c1-2-3-16-29-23-11-7-8-19(17-23)18-24-26(28)30-25(27-24)22-14-12-21(13-15-22)20-9-5-4-6-10-20/h4-15,17-18H,2-3,16H2,1H3/b24-18-. The van der Waals surface area contributed by atoms with E-state index >= 15 is 0 Å². The zero-order chi connectivity index (χ0) is 20.8. The van der Waals surface area contributed by atoms with E-state index in [1.54, 1.807) is 6.08 Å². The molecule has 0 aromatic heterocycles. The molecule has 0 N–H and O–H groups in total. The highest BCUT2D eigenvalue weighted by Gasteiger charge is 2.24. The number of unbranched alkanes of at least 4 members (excludes halogenated alkanes) is 1. The number of rotatable bonds is 7. The monoisotopic (exact) mass is 397 g/mol. The molecule has 1 aliphatic heterocycles. The maximum atomic E-state index is 12.3. The van der Waals surface area contributed by atoms with Crippen LogP contribution in [0.4, 0.5) is 0 Å². The summed E-state index contributed by atoms with van der Waals surface area (Å²) in [5.74, 6) is 0.653. The van der Waals surface area contributed by atoms with Crippen molar-refractivity contribution in [3.8, 4) is 16.9 Å². The predicted molar refractivity (Wildman–Crippen MR) is 119 cm³/mol. The van der Waals surface area contributed by atoms with Crippen molar-refractivity contribution in [3.05, 3.63) is 95.7 Å². The van der Waals surface area contributed by atoms with Gasteiger partial charge in [-0.2, -0.15) is 0 Å². The van der Waals surface area contributed by atoms with Gasteiger partial charge in [-0.15, -0.1) is 0 Å². The minimum Gasteiger partial charge on any atom is -0.494 e. The largest absolute Gasteiger partial charge is 0.494 e. The summed E-state index contributed by atoms with van der Waals surface area (Å²) in [5.41, 5.74) is 4.13. The lowest BCUT2D eigenvalue weighted by Crippen LogP contribution is -2.05. The Hall–Kier alpha value is -3.66. The number of ether oxygens (including phenoxy) is 2. The van der Waals surface area contributed by atoms with E-state index in [4.69, 9.17) is 9.47 Å². The Labute approximate surface area is 176 Å². The van der Waals surface area contributed by atoms with Gasteiger partial charge in [0.2, 0.25) is 5.90 Å². The van der Waals surface area contributed by atoms with Gasteiger partial charge in [0.05, 0.1) is 6.61 Å². The summed E-state index contributed by atoms with van der Waals surface area (Å²) in [6, 6.07) is 25.6. The molecule has 0 atom stereocenters. The van der Waals surface area contributed by atoms with Crippen LogP contribution in [0.1, 0.15) is 30.9 Å². The summed E-state index contributed by atoms with van der Waals surface area (Å²) in [4.78, 5) is 16.7. The Morgan fingerprint density at radius 2 is 1.63 bits per heavy atom.